The van der Waals surface area contributed by atoms with Gasteiger partial charge < -0.3 is 9.73 Å². The largest absolute Gasteiger partial charge is 0.472 e. The van der Waals surface area contributed by atoms with Crippen molar-refractivity contribution in [3.63, 3.8) is 0 Å². The van der Waals surface area contributed by atoms with Gasteiger partial charge in [-0.2, -0.15) is 0 Å². The maximum atomic E-state index is 12.6. The van der Waals surface area contributed by atoms with E-state index in [4.69, 9.17) is 4.42 Å². The van der Waals surface area contributed by atoms with Crippen molar-refractivity contribution in [2.24, 2.45) is 4.99 Å². The highest BCUT2D eigenvalue weighted by atomic mass is 16.3. The number of amides is 1. The number of hydrogen-bond acceptors (Lipinski definition) is 5. The number of fused-ring (bicyclic) bond motifs is 2. The molecule has 0 fully saturated rings. The van der Waals surface area contributed by atoms with Crippen LogP contribution in [0.3, 0.4) is 0 Å². The fraction of sp³-hybridized carbons (Fsp3) is 0.0526. The van der Waals surface area contributed by atoms with Gasteiger partial charge in [0.25, 0.3) is 5.91 Å². The zero-order valence-electron chi connectivity index (χ0n) is 13.6. The molecular formula is C19H13N5O2. The van der Waals surface area contributed by atoms with E-state index in [2.05, 4.69) is 20.3 Å². The third kappa shape index (κ3) is 2.37. The van der Waals surface area contributed by atoms with E-state index in [1.54, 1.807) is 35.5 Å². The molecule has 0 aliphatic carbocycles. The minimum Gasteiger partial charge on any atom is -0.472 e. The van der Waals surface area contributed by atoms with Crippen molar-refractivity contribution in [3.05, 3.63) is 83.8 Å². The molecule has 0 atom stereocenters. The van der Waals surface area contributed by atoms with Gasteiger partial charge in [-0.1, -0.05) is 6.07 Å². The van der Waals surface area contributed by atoms with Crippen LogP contribution in [-0.4, -0.2) is 26.0 Å². The zero-order valence-corrected chi connectivity index (χ0v) is 13.6. The van der Waals surface area contributed by atoms with E-state index in [-0.39, 0.29) is 5.91 Å². The van der Waals surface area contributed by atoms with E-state index in [1.165, 1.54) is 6.20 Å². The summed E-state index contributed by atoms with van der Waals surface area (Å²) >= 11 is 0. The molecular weight excluding hydrogens is 330 g/mol. The summed E-state index contributed by atoms with van der Waals surface area (Å²) in [5.74, 6) is 0.327. The number of imidazole rings is 1. The quantitative estimate of drug-likeness (QED) is 0.620. The molecule has 1 amide bonds. The summed E-state index contributed by atoms with van der Waals surface area (Å²) in [4.78, 5) is 25.4. The summed E-state index contributed by atoms with van der Waals surface area (Å²) in [7, 11) is 0. The van der Waals surface area contributed by atoms with E-state index in [0.29, 0.717) is 23.6 Å². The van der Waals surface area contributed by atoms with Crippen LogP contribution in [0.5, 0.6) is 0 Å². The van der Waals surface area contributed by atoms with Gasteiger partial charge >= 0.3 is 0 Å². The fourth-order valence-electron chi connectivity index (χ4n) is 3.04. The Morgan fingerprint density at radius 3 is 3.08 bits per heavy atom. The first-order chi connectivity index (χ1) is 12.8. The lowest BCUT2D eigenvalue weighted by Gasteiger charge is -2.08. The molecule has 26 heavy (non-hydrogen) atoms. The molecule has 3 aromatic heterocycles. The Balaban J connectivity index is 1.43. The zero-order chi connectivity index (χ0) is 17.5. The maximum Gasteiger partial charge on any atom is 0.258 e. The Bertz CT molecular complexity index is 1160. The number of carbonyl (C=O) groups is 1. The van der Waals surface area contributed by atoms with Gasteiger partial charge in [-0.25, -0.2) is 9.97 Å². The lowest BCUT2D eigenvalue weighted by molar-refractivity contribution is 0.102. The summed E-state index contributed by atoms with van der Waals surface area (Å²) < 4.78 is 6.87. The van der Waals surface area contributed by atoms with Crippen molar-refractivity contribution in [3.8, 4) is 0 Å². The molecule has 0 bridgehead atoms. The van der Waals surface area contributed by atoms with Crippen LogP contribution in [0.4, 0.5) is 5.69 Å². The first-order valence-corrected chi connectivity index (χ1v) is 8.08. The van der Waals surface area contributed by atoms with Crippen LogP contribution < -0.4 is 5.32 Å². The number of nitrogens with zero attached hydrogens (tertiary/aromatic N) is 4. The van der Waals surface area contributed by atoms with Crippen LogP contribution >= 0.6 is 0 Å². The van der Waals surface area contributed by atoms with E-state index in [0.717, 1.165) is 22.4 Å². The molecule has 4 aromatic rings. The van der Waals surface area contributed by atoms with Crippen molar-refractivity contribution in [2.45, 2.75) is 6.54 Å². The standard InChI is InChI=1S/C19H13N5O2/c25-18(14-9-22-19-20-4-5-24(19)10-14)23-15-2-1-12-8-21-17(16(12)7-15)13-3-6-26-11-13/h1-7,9-11H,8H2,(H,23,25). The number of benzene rings is 1. The molecule has 1 aliphatic rings. The van der Waals surface area contributed by atoms with E-state index < -0.39 is 0 Å². The van der Waals surface area contributed by atoms with E-state index >= 15 is 0 Å². The first kappa shape index (κ1) is 14.6. The molecule has 0 radical (unpaired) electrons. The molecule has 7 nitrogen and oxygen atoms in total. The maximum absolute atomic E-state index is 12.6. The van der Waals surface area contributed by atoms with Crippen molar-refractivity contribution in [1.29, 1.82) is 0 Å². The smallest absolute Gasteiger partial charge is 0.258 e. The number of nitrogens with one attached hydrogen (secondary N) is 1. The molecule has 0 unspecified atom stereocenters. The molecule has 1 aromatic carbocycles. The van der Waals surface area contributed by atoms with Crippen molar-refractivity contribution in [1.82, 2.24) is 14.4 Å². The normalized spacial score (nSPS) is 12.8. The number of aliphatic imine (C=N–C) groups is 1. The fourth-order valence-corrected chi connectivity index (χ4v) is 3.04. The van der Waals surface area contributed by atoms with Gasteiger partial charge in [0.15, 0.2) is 0 Å². The predicted molar refractivity (Wildman–Crippen MR) is 95.4 cm³/mol. The van der Waals surface area contributed by atoms with E-state index in [9.17, 15) is 4.79 Å². The minimum atomic E-state index is -0.229. The average Bonchev–Trinajstić information content (AvgIpc) is 3.40. The van der Waals surface area contributed by atoms with Crippen LogP contribution in [0, 0.1) is 0 Å². The lowest BCUT2D eigenvalue weighted by atomic mass is 10.0. The highest BCUT2D eigenvalue weighted by molar-refractivity contribution is 6.15. The summed E-state index contributed by atoms with van der Waals surface area (Å²) in [5.41, 5.74) is 5.11. The van der Waals surface area contributed by atoms with Crippen LogP contribution in [0.1, 0.15) is 27.0 Å². The molecule has 126 valence electrons. The molecule has 7 heteroatoms. The molecule has 4 heterocycles. The average molecular weight is 343 g/mol. The van der Waals surface area contributed by atoms with Gasteiger partial charge in [0.1, 0.15) is 0 Å². The molecule has 0 saturated carbocycles. The van der Waals surface area contributed by atoms with Gasteiger partial charge in [-0.05, 0) is 23.8 Å². The highest BCUT2D eigenvalue weighted by Gasteiger charge is 2.19. The Hall–Kier alpha value is -3.74. The van der Waals surface area contributed by atoms with Gasteiger partial charge in [0, 0.05) is 41.6 Å². The van der Waals surface area contributed by atoms with Crippen LogP contribution in [0.2, 0.25) is 0 Å². The summed E-state index contributed by atoms with van der Waals surface area (Å²) in [5, 5.41) is 2.92. The summed E-state index contributed by atoms with van der Waals surface area (Å²) in [6.07, 6.45) is 9.91. The number of anilines is 1. The Morgan fingerprint density at radius 2 is 2.19 bits per heavy atom. The topological polar surface area (TPSA) is 84.8 Å². The predicted octanol–water partition coefficient (Wildman–Crippen LogP) is 2.93. The second-order valence-electron chi connectivity index (χ2n) is 5.98. The number of rotatable bonds is 3. The first-order valence-electron chi connectivity index (χ1n) is 8.08. The van der Waals surface area contributed by atoms with E-state index in [1.807, 2.05) is 24.3 Å². The lowest BCUT2D eigenvalue weighted by Crippen LogP contribution is -2.13. The summed E-state index contributed by atoms with van der Waals surface area (Å²) in [6.45, 7) is 0.630. The number of hydrogen-bond donors (Lipinski definition) is 1. The third-order valence-corrected chi connectivity index (χ3v) is 4.33. The number of furan rings is 1. The monoisotopic (exact) mass is 343 g/mol. The Morgan fingerprint density at radius 1 is 1.23 bits per heavy atom. The van der Waals surface area contributed by atoms with Crippen molar-refractivity contribution in [2.75, 3.05) is 5.32 Å². The molecule has 5 rings (SSSR count). The van der Waals surface area contributed by atoms with Crippen LogP contribution in [-0.2, 0) is 6.54 Å². The van der Waals surface area contributed by atoms with Gasteiger partial charge in [0.2, 0.25) is 5.78 Å². The molecule has 0 spiro atoms. The van der Waals surface area contributed by atoms with Gasteiger partial charge in [0.05, 0.1) is 30.3 Å². The Labute approximate surface area is 148 Å². The molecule has 1 aliphatic heterocycles. The molecule has 0 saturated heterocycles. The minimum absolute atomic E-state index is 0.229. The van der Waals surface area contributed by atoms with Crippen LogP contribution in [0.25, 0.3) is 5.78 Å². The Kier molecular flexibility index (Phi) is 3.18. The second-order valence-corrected chi connectivity index (χ2v) is 5.98. The molecule has 1 N–H and O–H groups in total. The van der Waals surface area contributed by atoms with Crippen molar-refractivity contribution >= 4 is 23.1 Å². The van der Waals surface area contributed by atoms with Gasteiger partial charge in [-0.3, -0.25) is 14.2 Å². The number of carbonyl (C=O) groups excluding carboxylic acids is 1. The van der Waals surface area contributed by atoms with Crippen molar-refractivity contribution < 1.29 is 9.21 Å². The SMILES string of the molecule is O=C(Nc1ccc2c(c1)C(c1ccoc1)=NC2)c1cnc2nccn2c1. The third-order valence-electron chi connectivity index (χ3n) is 4.33. The second kappa shape index (κ2) is 5.66. The van der Waals surface area contributed by atoms with Crippen LogP contribution in [0.15, 0.2) is 71.0 Å². The summed E-state index contributed by atoms with van der Waals surface area (Å²) in [6, 6.07) is 7.69. The van der Waals surface area contributed by atoms with Gasteiger partial charge in [-0.15, -0.1) is 0 Å². The number of aromatic nitrogens is 3. The highest BCUT2D eigenvalue weighted by Crippen LogP contribution is 2.26.